The minimum absolute atomic E-state index is 0.632. The molecule has 4 heteroatoms. The SMILES string of the molecule is CCOc1cc(N)cc(N(C)Cc2ccoc2C)c1. The largest absolute Gasteiger partial charge is 0.494 e. The number of furan rings is 1. The summed E-state index contributed by atoms with van der Waals surface area (Å²) in [6.07, 6.45) is 1.71. The zero-order valence-corrected chi connectivity index (χ0v) is 11.6. The van der Waals surface area contributed by atoms with Gasteiger partial charge in [-0.2, -0.15) is 0 Å². The summed E-state index contributed by atoms with van der Waals surface area (Å²) in [5.41, 5.74) is 8.81. The normalized spacial score (nSPS) is 10.5. The van der Waals surface area contributed by atoms with Crippen molar-refractivity contribution in [1.29, 1.82) is 0 Å². The average Bonchev–Trinajstić information content (AvgIpc) is 2.75. The Balaban J connectivity index is 2.18. The lowest BCUT2D eigenvalue weighted by Crippen LogP contribution is -2.16. The fraction of sp³-hybridized carbons (Fsp3) is 0.333. The predicted octanol–water partition coefficient (Wildman–Crippen LogP) is 3.21. The van der Waals surface area contributed by atoms with Crippen LogP contribution in [0.25, 0.3) is 0 Å². The summed E-state index contributed by atoms with van der Waals surface area (Å²) < 4.78 is 10.8. The molecule has 0 unspecified atom stereocenters. The molecule has 0 saturated carbocycles. The highest BCUT2D eigenvalue weighted by Gasteiger charge is 2.08. The van der Waals surface area contributed by atoms with Crippen molar-refractivity contribution in [3.05, 3.63) is 41.9 Å². The van der Waals surface area contributed by atoms with Crippen LogP contribution in [-0.4, -0.2) is 13.7 Å². The van der Waals surface area contributed by atoms with Crippen LogP contribution in [0.5, 0.6) is 5.75 Å². The second-order valence-electron chi connectivity index (χ2n) is 4.55. The maximum atomic E-state index is 5.91. The number of hydrogen-bond donors (Lipinski definition) is 1. The molecular weight excluding hydrogens is 240 g/mol. The van der Waals surface area contributed by atoms with Crippen molar-refractivity contribution in [3.63, 3.8) is 0 Å². The van der Waals surface area contributed by atoms with Crippen molar-refractivity contribution in [1.82, 2.24) is 0 Å². The summed E-state index contributed by atoms with van der Waals surface area (Å²) in [4.78, 5) is 2.12. The van der Waals surface area contributed by atoms with E-state index in [1.807, 2.05) is 45.2 Å². The van der Waals surface area contributed by atoms with E-state index in [0.29, 0.717) is 12.3 Å². The first-order valence-corrected chi connectivity index (χ1v) is 6.37. The third kappa shape index (κ3) is 3.22. The van der Waals surface area contributed by atoms with Gasteiger partial charge in [0.25, 0.3) is 0 Å². The van der Waals surface area contributed by atoms with Crippen molar-refractivity contribution in [2.24, 2.45) is 0 Å². The molecule has 0 fully saturated rings. The lowest BCUT2D eigenvalue weighted by Gasteiger charge is -2.20. The Bertz CT molecular complexity index is 549. The molecule has 1 heterocycles. The van der Waals surface area contributed by atoms with Crippen molar-refractivity contribution in [3.8, 4) is 5.75 Å². The third-order valence-electron chi connectivity index (χ3n) is 3.04. The Morgan fingerprint density at radius 3 is 2.74 bits per heavy atom. The summed E-state index contributed by atoms with van der Waals surface area (Å²) in [5.74, 6) is 1.74. The fourth-order valence-electron chi connectivity index (χ4n) is 2.00. The van der Waals surface area contributed by atoms with Gasteiger partial charge in [-0.1, -0.05) is 0 Å². The van der Waals surface area contributed by atoms with E-state index >= 15 is 0 Å². The number of nitrogens with zero attached hydrogens (tertiary/aromatic N) is 1. The van der Waals surface area contributed by atoms with E-state index in [-0.39, 0.29) is 0 Å². The second kappa shape index (κ2) is 5.69. The Hall–Kier alpha value is -2.10. The molecule has 2 aromatic rings. The molecular formula is C15H20N2O2. The number of rotatable bonds is 5. The third-order valence-corrected chi connectivity index (χ3v) is 3.04. The van der Waals surface area contributed by atoms with E-state index in [1.165, 1.54) is 5.56 Å². The zero-order valence-electron chi connectivity index (χ0n) is 11.6. The van der Waals surface area contributed by atoms with Crippen LogP contribution in [0, 0.1) is 6.92 Å². The minimum atomic E-state index is 0.632. The number of hydrogen-bond acceptors (Lipinski definition) is 4. The fourth-order valence-corrected chi connectivity index (χ4v) is 2.00. The van der Waals surface area contributed by atoms with E-state index in [2.05, 4.69) is 4.90 Å². The van der Waals surface area contributed by atoms with Gasteiger partial charge in [0.1, 0.15) is 11.5 Å². The number of nitrogen functional groups attached to an aromatic ring is 1. The van der Waals surface area contributed by atoms with Crippen molar-refractivity contribution in [2.45, 2.75) is 20.4 Å². The highest BCUT2D eigenvalue weighted by atomic mass is 16.5. The molecule has 0 aliphatic rings. The highest BCUT2D eigenvalue weighted by Crippen LogP contribution is 2.26. The highest BCUT2D eigenvalue weighted by molar-refractivity contribution is 5.60. The number of nitrogens with two attached hydrogens (primary N) is 1. The standard InChI is InChI=1S/C15H20N2O2/c1-4-18-15-8-13(16)7-14(9-15)17(3)10-12-5-6-19-11(12)2/h5-9H,4,10,16H2,1-3H3. The summed E-state index contributed by atoms with van der Waals surface area (Å²) in [6, 6.07) is 7.76. The van der Waals surface area contributed by atoms with Crippen LogP contribution in [0.3, 0.4) is 0 Å². The van der Waals surface area contributed by atoms with Crippen molar-refractivity contribution >= 4 is 11.4 Å². The quantitative estimate of drug-likeness (QED) is 0.839. The lowest BCUT2D eigenvalue weighted by atomic mass is 10.2. The predicted molar refractivity (Wildman–Crippen MR) is 77.6 cm³/mol. The smallest absolute Gasteiger partial charge is 0.123 e. The molecule has 0 bridgehead atoms. The minimum Gasteiger partial charge on any atom is -0.494 e. The molecule has 4 nitrogen and oxygen atoms in total. The number of benzene rings is 1. The molecule has 0 atom stereocenters. The summed E-state index contributed by atoms with van der Waals surface area (Å²) in [6.45, 7) is 5.33. The first-order valence-electron chi connectivity index (χ1n) is 6.37. The van der Waals surface area contributed by atoms with Gasteiger partial charge < -0.3 is 19.8 Å². The molecule has 0 amide bonds. The Labute approximate surface area is 113 Å². The van der Waals surface area contributed by atoms with Gasteiger partial charge in [0.15, 0.2) is 0 Å². The van der Waals surface area contributed by atoms with Gasteiger partial charge in [-0.25, -0.2) is 0 Å². The number of aryl methyl sites for hydroxylation is 1. The molecule has 2 rings (SSSR count). The molecule has 1 aromatic carbocycles. The molecule has 102 valence electrons. The van der Waals surface area contributed by atoms with Crippen LogP contribution < -0.4 is 15.4 Å². The maximum absolute atomic E-state index is 5.91. The summed E-state index contributed by atoms with van der Waals surface area (Å²) >= 11 is 0. The summed E-state index contributed by atoms with van der Waals surface area (Å²) in [7, 11) is 2.02. The van der Waals surface area contributed by atoms with E-state index in [0.717, 1.165) is 23.7 Å². The van der Waals surface area contributed by atoms with Crippen molar-refractivity contribution in [2.75, 3.05) is 24.3 Å². The number of ether oxygens (including phenoxy) is 1. The van der Waals surface area contributed by atoms with Crippen molar-refractivity contribution < 1.29 is 9.15 Å². The average molecular weight is 260 g/mol. The monoisotopic (exact) mass is 260 g/mol. The Kier molecular flexibility index (Phi) is 4.00. The zero-order chi connectivity index (χ0) is 13.8. The molecule has 0 aliphatic heterocycles. The van der Waals surface area contributed by atoms with E-state index in [4.69, 9.17) is 14.9 Å². The molecule has 19 heavy (non-hydrogen) atoms. The van der Waals surface area contributed by atoms with Crippen LogP contribution in [0.2, 0.25) is 0 Å². The van der Waals surface area contributed by atoms with Crippen LogP contribution >= 0.6 is 0 Å². The number of anilines is 2. The van der Waals surface area contributed by atoms with E-state index in [1.54, 1.807) is 6.26 Å². The first-order chi connectivity index (χ1) is 9.10. The van der Waals surface area contributed by atoms with Crippen LogP contribution in [-0.2, 0) is 6.54 Å². The molecule has 0 radical (unpaired) electrons. The van der Waals surface area contributed by atoms with Gasteiger partial charge in [0.05, 0.1) is 12.9 Å². The first kappa shape index (κ1) is 13.3. The van der Waals surface area contributed by atoms with Crippen LogP contribution in [0.1, 0.15) is 18.2 Å². The second-order valence-corrected chi connectivity index (χ2v) is 4.55. The molecule has 0 spiro atoms. The van der Waals surface area contributed by atoms with Gasteiger partial charge in [0, 0.05) is 42.7 Å². The maximum Gasteiger partial charge on any atom is 0.123 e. The molecule has 2 N–H and O–H groups in total. The van der Waals surface area contributed by atoms with Crippen LogP contribution in [0.15, 0.2) is 34.9 Å². The Morgan fingerprint density at radius 2 is 2.11 bits per heavy atom. The van der Waals surface area contributed by atoms with E-state index in [9.17, 15) is 0 Å². The van der Waals surface area contributed by atoms with Gasteiger partial charge in [-0.05, 0) is 26.0 Å². The molecule has 0 aliphatic carbocycles. The Morgan fingerprint density at radius 1 is 1.32 bits per heavy atom. The molecule has 1 aromatic heterocycles. The lowest BCUT2D eigenvalue weighted by molar-refractivity contribution is 0.340. The van der Waals surface area contributed by atoms with E-state index < -0.39 is 0 Å². The van der Waals surface area contributed by atoms with Crippen LogP contribution in [0.4, 0.5) is 11.4 Å². The molecule has 0 saturated heterocycles. The van der Waals surface area contributed by atoms with Gasteiger partial charge in [0.2, 0.25) is 0 Å². The van der Waals surface area contributed by atoms with Gasteiger partial charge in [-0.3, -0.25) is 0 Å². The summed E-state index contributed by atoms with van der Waals surface area (Å²) in [5, 5.41) is 0. The van der Waals surface area contributed by atoms with Gasteiger partial charge in [-0.15, -0.1) is 0 Å². The topological polar surface area (TPSA) is 51.6 Å². The van der Waals surface area contributed by atoms with Gasteiger partial charge >= 0.3 is 0 Å².